The fourth-order valence-corrected chi connectivity index (χ4v) is 3.15. The standard InChI is InChI=1S/C18H40N2/c1-9-15-20(17(4,5)6)16-13-12-14-18(7,8)19(10-2)11-3/h9-16H2,1-8H3. The van der Waals surface area contributed by atoms with Crippen molar-refractivity contribution < 1.29 is 0 Å². The van der Waals surface area contributed by atoms with Gasteiger partial charge in [-0.2, -0.15) is 0 Å². The highest BCUT2D eigenvalue weighted by Crippen LogP contribution is 2.22. The van der Waals surface area contributed by atoms with E-state index in [1.54, 1.807) is 0 Å². The van der Waals surface area contributed by atoms with Gasteiger partial charge >= 0.3 is 0 Å². The smallest absolute Gasteiger partial charge is 0.0153 e. The average Bonchev–Trinajstić information content (AvgIpc) is 2.32. The summed E-state index contributed by atoms with van der Waals surface area (Å²) in [4.78, 5) is 5.22. The van der Waals surface area contributed by atoms with Crippen molar-refractivity contribution in [3.63, 3.8) is 0 Å². The van der Waals surface area contributed by atoms with E-state index in [4.69, 9.17) is 0 Å². The molecule has 2 heteroatoms. The summed E-state index contributed by atoms with van der Waals surface area (Å²) in [5.41, 5.74) is 0.658. The number of rotatable bonds is 10. The first-order chi connectivity index (χ1) is 9.19. The molecule has 0 N–H and O–H groups in total. The second-order valence-electron chi connectivity index (χ2n) is 7.60. The van der Waals surface area contributed by atoms with Crippen LogP contribution in [0.1, 0.15) is 81.1 Å². The Balaban J connectivity index is 4.17. The van der Waals surface area contributed by atoms with Crippen molar-refractivity contribution in [1.29, 1.82) is 0 Å². The van der Waals surface area contributed by atoms with E-state index >= 15 is 0 Å². The highest BCUT2D eigenvalue weighted by molar-refractivity contribution is 4.81. The van der Waals surface area contributed by atoms with Crippen LogP contribution >= 0.6 is 0 Å². The van der Waals surface area contributed by atoms with Crippen molar-refractivity contribution >= 4 is 0 Å². The molecule has 0 atom stereocenters. The number of unbranched alkanes of at least 4 members (excludes halogenated alkanes) is 1. The molecular formula is C18H40N2. The molecule has 0 aromatic heterocycles. The summed E-state index contributed by atoms with van der Waals surface area (Å²) < 4.78 is 0. The zero-order valence-corrected chi connectivity index (χ0v) is 15.6. The van der Waals surface area contributed by atoms with Gasteiger partial charge in [-0.3, -0.25) is 9.80 Å². The summed E-state index contributed by atoms with van der Waals surface area (Å²) in [5, 5.41) is 0. The lowest BCUT2D eigenvalue weighted by atomic mass is 9.94. The van der Waals surface area contributed by atoms with Crippen LogP contribution < -0.4 is 0 Å². The molecule has 2 nitrogen and oxygen atoms in total. The zero-order valence-electron chi connectivity index (χ0n) is 15.6. The lowest BCUT2D eigenvalue weighted by molar-refractivity contribution is 0.111. The lowest BCUT2D eigenvalue weighted by Crippen LogP contribution is -2.44. The fraction of sp³-hybridized carbons (Fsp3) is 1.00. The van der Waals surface area contributed by atoms with E-state index in [2.05, 4.69) is 65.2 Å². The summed E-state index contributed by atoms with van der Waals surface area (Å²) in [5.74, 6) is 0. The van der Waals surface area contributed by atoms with E-state index < -0.39 is 0 Å². The van der Waals surface area contributed by atoms with Gasteiger partial charge in [-0.05, 0) is 80.1 Å². The van der Waals surface area contributed by atoms with Gasteiger partial charge in [-0.1, -0.05) is 27.2 Å². The average molecular weight is 285 g/mol. The van der Waals surface area contributed by atoms with Crippen LogP contribution in [-0.2, 0) is 0 Å². The summed E-state index contributed by atoms with van der Waals surface area (Å²) in [7, 11) is 0. The molecule has 0 heterocycles. The van der Waals surface area contributed by atoms with Gasteiger partial charge in [0.05, 0.1) is 0 Å². The van der Waals surface area contributed by atoms with Crippen molar-refractivity contribution in [2.24, 2.45) is 0 Å². The van der Waals surface area contributed by atoms with Crippen LogP contribution in [0.3, 0.4) is 0 Å². The van der Waals surface area contributed by atoms with Gasteiger partial charge in [0.1, 0.15) is 0 Å². The van der Waals surface area contributed by atoms with Crippen LogP contribution in [0.2, 0.25) is 0 Å². The molecule has 0 radical (unpaired) electrons. The molecule has 0 rings (SSSR count). The molecule has 0 spiro atoms. The molecule has 0 fully saturated rings. The largest absolute Gasteiger partial charge is 0.299 e. The Bertz CT molecular complexity index is 236. The minimum absolute atomic E-state index is 0.310. The number of hydrogen-bond acceptors (Lipinski definition) is 2. The summed E-state index contributed by atoms with van der Waals surface area (Å²) in [6, 6.07) is 0. The summed E-state index contributed by atoms with van der Waals surface area (Å²) in [6.07, 6.45) is 5.21. The topological polar surface area (TPSA) is 6.48 Å². The number of hydrogen-bond donors (Lipinski definition) is 0. The Morgan fingerprint density at radius 1 is 0.700 bits per heavy atom. The molecule has 0 aromatic carbocycles. The minimum Gasteiger partial charge on any atom is -0.299 e. The van der Waals surface area contributed by atoms with Gasteiger partial charge in [0.15, 0.2) is 0 Å². The van der Waals surface area contributed by atoms with Gasteiger partial charge in [0.2, 0.25) is 0 Å². The van der Waals surface area contributed by atoms with Crippen molar-refractivity contribution in [2.45, 2.75) is 92.2 Å². The molecule has 0 unspecified atom stereocenters. The third-order valence-electron chi connectivity index (χ3n) is 4.53. The first kappa shape index (κ1) is 19.9. The first-order valence-corrected chi connectivity index (χ1v) is 8.69. The van der Waals surface area contributed by atoms with Gasteiger partial charge in [-0.25, -0.2) is 0 Å². The van der Waals surface area contributed by atoms with Crippen LogP contribution in [0.4, 0.5) is 0 Å². The highest BCUT2D eigenvalue weighted by atomic mass is 15.2. The fourth-order valence-electron chi connectivity index (χ4n) is 3.15. The summed E-state index contributed by atoms with van der Waals surface area (Å²) >= 11 is 0. The van der Waals surface area contributed by atoms with Crippen LogP contribution in [0.15, 0.2) is 0 Å². The molecule has 0 aliphatic carbocycles. The third kappa shape index (κ3) is 7.08. The molecule has 20 heavy (non-hydrogen) atoms. The van der Waals surface area contributed by atoms with Crippen molar-refractivity contribution in [3.8, 4) is 0 Å². The molecule has 0 saturated carbocycles. The van der Waals surface area contributed by atoms with Gasteiger partial charge in [0.25, 0.3) is 0 Å². The molecular weight excluding hydrogens is 244 g/mol. The Kier molecular flexibility index (Phi) is 9.01. The third-order valence-corrected chi connectivity index (χ3v) is 4.53. The Morgan fingerprint density at radius 2 is 1.25 bits per heavy atom. The number of nitrogens with zero attached hydrogens (tertiary/aromatic N) is 2. The van der Waals surface area contributed by atoms with Crippen LogP contribution in [0.25, 0.3) is 0 Å². The molecule has 0 aliphatic rings. The van der Waals surface area contributed by atoms with E-state index in [0.717, 1.165) is 13.1 Å². The highest BCUT2D eigenvalue weighted by Gasteiger charge is 2.24. The second-order valence-corrected chi connectivity index (χ2v) is 7.60. The van der Waals surface area contributed by atoms with Gasteiger partial charge in [0, 0.05) is 11.1 Å². The molecule has 122 valence electrons. The minimum atomic E-state index is 0.310. The second kappa shape index (κ2) is 9.04. The van der Waals surface area contributed by atoms with E-state index in [1.807, 2.05) is 0 Å². The SMILES string of the molecule is CCCN(CCCCC(C)(C)N(CC)CC)C(C)(C)C. The molecule has 0 amide bonds. The Hall–Kier alpha value is -0.0800. The predicted molar refractivity (Wildman–Crippen MR) is 92.5 cm³/mol. The normalized spacial score (nSPS) is 13.5. The maximum Gasteiger partial charge on any atom is 0.0153 e. The van der Waals surface area contributed by atoms with E-state index in [0.29, 0.717) is 11.1 Å². The van der Waals surface area contributed by atoms with E-state index in [-0.39, 0.29) is 0 Å². The van der Waals surface area contributed by atoms with Crippen LogP contribution in [0, 0.1) is 0 Å². The van der Waals surface area contributed by atoms with Crippen molar-refractivity contribution in [3.05, 3.63) is 0 Å². The molecule has 0 aliphatic heterocycles. The van der Waals surface area contributed by atoms with Crippen molar-refractivity contribution in [1.82, 2.24) is 9.80 Å². The lowest BCUT2D eigenvalue weighted by Gasteiger charge is -2.38. The first-order valence-electron chi connectivity index (χ1n) is 8.69. The quantitative estimate of drug-likeness (QED) is 0.532. The van der Waals surface area contributed by atoms with Crippen LogP contribution in [0.5, 0.6) is 0 Å². The van der Waals surface area contributed by atoms with Gasteiger partial charge < -0.3 is 0 Å². The molecule has 0 saturated heterocycles. The van der Waals surface area contributed by atoms with E-state index in [9.17, 15) is 0 Å². The Morgan fingerprint density at radius 3 is 1.65 bits per heavy atom. The van der Waals surface area contributed by atoms with E-state index in [1.165, 1.54) is 38.8 Å². The zero-order chi connectivity index (χ0) is 15.8. The predicted octanol–water partition coefficient (Wildman–Crippen LogP) is 4.79. The summed E-state index contributed by atoms with van der Waals surface area (Å²) in [6.45, 7) is 23.4. The molecule has 0 aromatic rings. The van der Waals surface area contributed by atoms with Crippen molar-refractivity contribution in [2.75, 3.05) is 26.2 Å². The maximum atomic E-state index is 2.64. The van der Waals surface area contributed by atoms with Gasteiger partial charge in [-0.15, -0.1) is 0 Å². The van der Waals surface area contributed by atoms with Crippen LogP contribution in [-0.4, -0.2) is 47.1 Å². The Labute approximate surface area is 128 Å². The monoisotopic (exact) mass is 284 g/mol. The molecule has 0 bridgehead atoms. The maximum absolute atomic E-state index is 2.64.